The molecule has 3 aromatic heterocycles. The Hall–Kier alpha value is -6.72. The summed E-state index contributed by atoms with van der Waals surface area (Å²) in [7, 11) is 0. The van der Waals surface area contributed by atoms with Crippen LogP contribution in [-0.4, -0.2) is 24.5 Å². The van der Waals surface area contributed by atoms with Crippen molar-refractivity contribution >= 4 is 21.8 Å². The molecule has 0 fully saturated rings. The van der Waals surface area contributed by atoms with E-state index in [9.17, 15) is 0 Å². The summed E-state index contributed by atoms with van der Waals surface area (Å²) in [6.45, 7) is 0. The molecule has 5 nitrogen and oxygen atoms in total. The van der Waals surface area contributed by atoms with Crippen molar-refractivity contribution in [3.05, 3.63) is 175 Å². The molecular weight excluding hydrogens is 611 g/mol. The first-order valence-corrected chi connectivity index (χ1v) is 16.9. The van der Waals surface area contributed by atoms with E-state index in [-0.39, 0.29) is 0 Å². The first kappa shape index (κ1) is 28.3. The zero-order chi connectivity index (χ0) is 33.0. The van der Waals surface area contributed by atoms with E-state index in [0.29, 0.717) is 23.2 Å². The van der Waals surface area contributed by atoms with Gasteiger partial charge in [-0.2, -0.15) is 0 Å². The van der Waals surface area contributed by atoms with Crippen molar-refractivity contribution in [1.82, 2.24) is 24.5 Å². The summed E-state index contributed by atoms with van der Waals surface area (Å²) >= 11 is 0. The number of hydrogen-bond acceptors (Lipinski definition) is 4. The zero-order valence-electron chi connectivity index (χ0n) is 27.0. The van der Waals surface area contributed by atoms with Gasteiger partial charge in [-0.3, -0.25) is 4.98 Å². The Balaban J connectivity index is 1.11. The molecule has 50 heavy (non-hydrogen) atoms. The van der Waals surface area contributed by atoms with Gasteiger partial charge in [-0.1, -0.05) is 133 Å². The average molecular weight is 640 g/mol. The van der Waals surface area contributed by atoms with Gasteiger partial charge in [0, 0.05) is 21.9 Å². The smallest absolute Gasteiger partial charge is 0.182 e. The molecule has 0 saturated carbocycles. The largest absolute Gasteiger partial charge is 0.308 e. The molecule has 0 unspecified atom stereocenters. The number of para-hydroxylation sites is 1. The third-order valence-electron chi connectivity index (χ3n) is 9.74. The first-order valence-electron chi connectivity index (χ1n) is 16.9. The molecule has 1 aliphatic carbocycles. The third kappa shape index (κ3) is 4.63. The summed E-state index contributed by atoms with van der Waals surface area (Å²) in [5.41, 5.74) is 13.7. The van der Waals surface area contributed by atoms with Crippen molar-refractivity contribution < 1.29 is 0 Å². The van der Waals surface area contributed by atoms with E-state index in [4.69, 9.17) is 19.9 Å². The van der Waals surface area contributed by atoms with E-state index in [1.54, 1.807) is 0 Å². The van der Waals surface area contributed by atoms with Crippen LogP contribution in [0.15, 0.2) is 164 Å². The van der Waals surface area contributed by atoms with Gasteiger partial charge in [-0.05, 0) is 64.1 Å². The Bertz CT molecular complexity index is 2660. The minimum atomic E-state index is 0.534. The normalized spacial score (nSPS) is 11.9. The van der Waals surface area contributed by atoms with Crippen LogP contribution in [0.3, 0.4) is 0 Å². The van der Waals surface area contributed by atoms with Crippen LogP contribution in [-0.2, 0) is 6.42 Å². The highest BCUT2D eigenvalue weighted by Crippen LogP contribution is 2.44. The monoisotopic (exact) mass is 639 g/mol. The molecule has 234 valence electrons. The summed E-state index contributed by atoms with van der Waals surface area (Å²) in [6, 6.07) is 55.1. The number of fused-ring (bicyclic) bond motifs is 6. The Morgan fingerprint density at radius 2 is 1.08 bits per heavy atom. The van der Waals surface area contributed by atoms with Crippen molar-refractivity contribution in [3.63, 3.8) is 0 Å². The molecule has 0 saturated heterocycles. The van der Waals surface area contributed by atoms with Gasteiger partial charge in [0.1, 0.15) is 5.69 Å². The fraction of sp³-hybridized carbons (Fsp3) is 0.0222. The maximum atomic E-state index is 4.97. The Labute approximate surface area is 289 Å². The number of aromatic nitrogens is 5. The SMILES string of the molecule is c1ccc(-c2nc(-c3ccccc3)nc(-c3ccc(-n4c5ccccc5c5ccc(-c6cccc7c6-c6ccccc6C7)cc54)cn3)n2)cc1. The lowest BCUT2D eigenvalue weighted by molar-refractivity contribution is 1.05. The van der Waals surface area contributed by atoms with E-state index >= 15 is 0 Å². The van der Waals surface area contributed by atoms with Crippen molar-refractivity contribution in [1.29, 1.82) is 0 Å². The lowest BCUT2D eigenvalue weighted by Gasteiger charge is -2.12. The molecule has 9 aromatic rings. The van der Waals surface area contributed by atoms with Crippen LogP contribution in [0.2, 0.25) is 0 Å². The van der Waals surface area contributed by atoms with Crippen molar-refractivity contribution in [2.24, 2.45) is 0 Å². The Morgan fingerprint density at radius 3 is 1.84 bits per heavy atom. The van der Waals surface area contributed by atoms with Crippen LogP contribution in [0.25, 0.3) is 84.0 Å². The molecule has 0 radical (unpaired) electrons. The molecule has 5 heteroatoms. The van der Waals surface area contributed by atoms with E-state index in [2.05, 4.69) is 95.6 Å². The summed E-state index contributed by atoms with van der Waals surface area (Å²) in [6.07, 6.45) is 2.90. The van der Waals surface area contributed by atoms with Gasteiger partial charge in [0.25, 0.3) is 0 Å². The molecule has 3 heterocycles. The number of pyridine rings is 1. The second kappa shape index (κ2) is 11.5. The highest BCUT2D eigenvalue weighted by Gasteiger charge is 2.22. The Morgan fingerprint density at radius 1 is 0.440 bits per heavy atom. The van der Waals surface area contributed by atoms with E-state index in [1.165, 1.54) is 44.2 Å². The molecule has 0 spiro atoms. The topological polar surface area (TPSA) is 56.5 Å². The molecule has 6 aromatic carbocycles. The second-order valence-electron chi connectivity index (χ2n) is 12.7. The van der Waals surface area contributed by atoms with Crippen LogP contribution in [0.5, 0.6) is 0 Å². The molecule has 0 bridgehead atoms. The summed E-state index contributed by atoms with van der Waals surface area (Å²) < 4.78 is 2.32. The molecule has 0 amide bonds. The van der Waals surface area contributed by atoms with Crippen LogP contribution < -0.4 is 0 Å². The summed E-state index contributed by atoms with van der Waals surface area (Å²) in [4.78, 5) is 19.6. The summed E-state index contributed by atoms with van der Waals surface area (Å²) in [5.74, 6) is 1.77. The fourth-order valence-corrected chi connectivity index (χ4v) is 7.42. The molecule has 10 rings (SSSR count). The fourth-order valence-electron chi connectivity index (χ4n) is 7.42. The maximum absolute atomic E-state index is 4.97. The molecular formula is C45H29N5. The lowest BCUT2D eigenvalue weighted by atomic mass is 9.93. The molecule has 1 aliphatic rings. The number of benzene rings is 6. The predicted octanol–water partition coefficient (Wildman–Crippen LogP) is 10.6. The minimum Gasteiger partial charge on any atom is -0.308 e. The first-order chi connectivity index (χ1) is 24.8. The highest BCUT2D eigenvalue weighted by atomic mass is 15.1. The number of hydrogen-bond donors (Lipinski definition) is 0. The van der Waals surface area contributed by atoms with Gasteiger partial charge in [0.2, 0.25) is 0 Å². The van der Waals surface area contributed by atoms with E-state index in [0.717, 1.165) is 34.3 Å². The molecule has 0 atom stereocenters. The van der Waals surface area contributed by atoms with Crippen LogP contribution in [0, 0.1) is 0 Å². The van der Waals surface area contributed by atoms with E-state index < -0.39 is 0 Å². The third-order valence-corrected chi connectivity index (χ3v) is 9.74. The molecule has 0 aliphatic heterocycles. The average Bonchev–Trinajstić information content (AvgIpc) is 3.74. The number of rotatable bonds is 5. The van der Waals surface area contributed by atoms with Gasteiger partial charge in [-0.15, -0.1) is 0 Å². The van der Waals surface area contributed by atoms with Gasteiger partial charge in [0.15, 0.2) is 17.5 Å². The van der Waals surface area contributed by atoms with Crippen molar-refractivity contribution in [3.8, 4) is 62.2 Å². The predicted molar refractivity (Wildman–Crippen MR) is 202 cm³/mol. The highest BCUT2D eigenvalue weighted by molar-refractivity contribution is 6.10. The lowest BCUT2D eigenvalue weighted by Crippen LogP contribution is -2.02. The van der Waals surface area contributed by atoms with Gasteiger partial charge < -0.3 is 4.57 Å². The second-order valence-corrected chi connectivity index (χ2v) is 12.7. The van der Waals surface area contributed by atoms with Crippen molar-refractivity contribution in [2.45, 2.75) is 6.42 Å². The number of nitrogens with zero attached hydrogens (tertiary/aromatic N) is 5. The Kier molecular flexibility index (Phi) is 6.49. The van der Waals surface area contributed by atoms with Crippen molar-refractivity contribution in [2.75, 3.05) is 0 Å². The zero-order valence-corrected chi connectivity index (χ0v) is 27.0. The van der Waals surface area contributed by atoms with Gasteiger partial charge >= 0.3 is 0 Å². The standard InChI is InChI=1S/C45H29N5/c1-3-12-29(13-4-1)43-47-44(30-14-5-2-6-15-30)49-45(48-43)39-25-23-34(28-46-39)50-40-21-10-9-19-37(40)38-24-22-32(27-41(38)50)36-20-11-17-33-26-31-16-7-8-18-35(31)42(33)36/h1-25,27-28H,26H2. The quantitative estimate of drug-likeness (QED) is 0.188. The van der Waals surface area contributed by atoms with Gasteiger partial charge in [-0.25, -0.2) is 15.0 Å². The van der Waals surface area contributed by atoms with Crippen LogP contribution in [0.4, 0.5) is 0 Å². The van der Waals surface area contributed by atoms with E-state index in [1.807, 2.05) is 72.9 Å². The maximum Gasteiger partial charge on any atom is 0.182 e. The molecule has 0 N–H and O–H groups in total. The van der Waals surface area contributed by atoms with Crippen LogP contribution in [0.1, 0.15) is 11.1 Å². The minimum absolute atomic E-state index is 0.534. The van der Waals surface area contributed by atoms with Gasteiger partial charge in [0.05, 0.1) is 22.9 Å². The van der Waals surface area contributed by atoms with Crippen LogP contribution >= 0.6 is 0 Å². The summed E-state index contributed by atoms with van der Waals surface area (Å²) in [5, 5.41) is 2.41.